The van der Waals surface area contributed by atoms with E-state index in [4.69, 9.17) is 5.73 Å². The molecule has 6 nitrogen and oxygen atoms in total. The molecule has 1 rings (SSSR count). The maximum absolute atomic E-state index is 11.8. The van der Waals surface area contributed by atoms with Gasteiger partial charge in [-0.1, -0.05) is 12.1 Å². The lowest BCUT2D eigenvalue weighted by atomic mass is 9.93. The van der Waals surface area contributed by atoms with Crippen LogP contribution in [0.4, 0.5) is 10.5 Å². The quantitative estimate of drug-likeness (QED) is 0.641. The van der Waals surface area contributed by atoms with E-state index in [0.717, 1.165) is 5.56 Å². The van der Waals surface area contributed by atoms with Gasteiger partial charge in [-0.25, -0.2) is 4.79 Å². The van der Waals surface area contributed by atoms with Crippen molar-refractivity contribution in [3.8, 4) is 0 Å². The van der Waals surface area contributed by atoms with Crippen LogP contribution in [0.15, 0.2) is 24.3 Å². The third-order valence-electron chi connectivity index (χ3n) is 3.46. The molecule has 3 amide bonds. The van der Waals surface area contributed by atoms with Gasteiger partial charge >= 0.3 is 6.03 Å². The van der Waals surface area contributed by atoms with Crippen molar-refractivity contribution in [2.45, 2.75) is 26.8 Å². The lowest BCUT2D eigenvalue weighted by Gasteiger charge is -2.20. The van der Waals surface area contributed by atoms with Crippen molar-refractivity contribution in [1.29, 1.82) is 0 Å². The number of carbonyl (C=O) groups is 2. The summed E-state index contributed by atoms with van der Waals surface area (Å²) < 4.78 is 0. The number of primary amides is 1. The molecular formula is C15H24N4O2. The van der Waals surface area contributed by atoms with Crippen LogP contribution in [0.1, 0.15) is 32.4 Å². The van der Waals surface area contributed by atoms with Crippen molar-refractivity contribution in [2.75, 3.05) is 18.9 Å². The number of anilines is 1. The molecule has 0 aliphatic carbocycles. The summed E-state index contributed by atoms with van der Waals surface area (Å²) in [5.41, 5.74) is 6.30. The molecule has 0 aliphatic heterocycles. The lowest BCUT2D eigenvalue weighted by molar-refractivity contribution is -0.125. The number of hydrogen-bond acceptors (Lipinski definition) is 3. The first-order valence-electron chi connectivity index (χ1n) is 6.88. The first kappa shape index (κ1) is 17.0. The fourth-order valence-corrected chi connectivity index (χ4v) is 1.59. The van der Waals surface area contributed by atoms with Crippen LogP contribution >= 0.6 is 0 Å². The zero-order chi connectivity index (χ0) is 16.0. The lowest BCUT2D eigenvalue weighted by Crippen LogP contribution is -2.43. The zero-order valence-electron chi connectivity index (χ0n) is 13.0. The van der Waals surface area contributed by atoms with E-state index in [-0.39, 0.29) is 18.6 Å². The first-order chi connectivity index (χ1) is 9.76. The molecule has 0 spiro atoms. The Kier molecular flexibility index (Phi) is 5.72. The van der Waals surface area contributed by atoms with Crippen LogP contribution in [0.5, 0.6) is 0 Å². The molecule has 0 aromatic heterocycles. The number of rotatable bonds is 6. The molecule has 116 valence electrons. The van der Waals surface area contributed by atoms with E-state index in [0.29, 0.717) is 5.69 Å². The predicted octanol–water partition coefficient (Wildman–Crippen LogP) is 1.60. The van der Waals surface area contributed by atoms with E-state index in [1.54, 1.807) is 13.8 Å². The van der Waals surface area contributed by atoms with Crippen LogP contribution in [-0.4, -0.2) is 25.5 Å². The number of urea groups is 1. The normalized spacial score (nSPS) is 12.6. The van der Waals surface area contributed by atoms with E-state index < -0.39 is 11.3 Å². The highest BCUT2D eigenvalue weighted by molar-refractivity contribution is 5.90. The van der Waals surface area contributed by atoms with Crippen LogP contribution < -0.4 is 21.7 Å². The van der Waals surface area contributed by atoms with Crippen molar-refractivity contribution in [3.05, 3.63) is 29.8 Å². The Hall–Kier alpha value is -2.08. The summed E-state index contributed by atoms with van der Waals surface area (Å²) in [4.78, 5) is 22.9. The molecular weight excluding hydrogens is 268 g/mol. The highest BCUT2D eigenvalue weighted by Crippen LogP contribution is 2.16. The van der Waals surface area contributed by atoms with Gasteiger partial charge in [0, 0.05) is 18.3 Å². The third kappa shape index (κ3) is 5.07. The Morgan fingerprint density at radius 1 is 1.24 bits per heavy atom. The second-order valence-corrected chi connectivity index (χ2v) is 5.69. The Morgan fingerprint density at radius 2 is 1.81 bits per heavy atom. The van der Waals surface area contributed by atoms with E-state index in [1.807, 2.05) is 31.3 Å². The highest BCUT2D eigenvalue weighted by Gasteiger charge is 2.25. The van der Waals surface area contributed by atoms with Gasteiger partial charge in [-0.05, 0) is 45.5 Å². The number of nitrogens with one attached hydrogen (secondary N) is 3. The summed E-state index contributed by atoms with van der Waals surface area (Å²) in [6, 6.07) is 7.46. The van der Waals surface area contributed by atoms with Crippen molar-refractivity contribution >= 4 is 17.6 Å². The van der Waals surface area contributed by atoms with Crippen molar-refractivity contribution in [2.24, 2.45) is 11.1 Å². The van der Waals surface area contributed by atoms with Crippen LogP contribution in [0.2, 0.25) is 0 Å². The van der Waals surface area contributed by atoms with E-state index in [2.05, 4.69) is 22.9 Å². The molecule has 0 heterocycles. The molecule has 6 heteroatoms. The van der Waals surface area contributed by atoms with Gasteiger partial charge in [0.2, 0.25) is 5.91 Å². The Labute approximate surface area is 125 Å². The number of amides is 3. The smallest absolute Gasteiger partial charge is 0.319 e. The molecule has 0 fully saturated rings. The van der Waals surface area contributed by atoms with Gasteiger partial charge in [-0.2, -0.15) is 0 Å². The summed E-state index contributed by atoms with van der Waals surface area (Å²) in [5, 5.41) is 8.50. The molecule has 0 saturated carbocycles. The summed E-state index contributed by atoms with van der Waals surface area (Å²) in [7, 11) is 1.89. The standard InChI is InChI=1S/C15H24N4O2/c1-10(17-4)11-5-7-12(8-6-11)19-14(21)18-9-15(2,3)13(16)20/h5-8,10,17H,9H2,1-4H3,(H2,16,20)(H2,18,19,21). The molecule has 1 atom stereocenters. The largest absolute Gasteiger partial charge is 0.369 e. The van der Waals surface area contributed by atoms with Gasteiger partial charge in [0.1, 0.15) is 0 Å². The number of nitrogens with two attached hydrogens (primary N) is 1. The average Bonchev–Trinajstić information content (AvgIpc) is 2.45. The van der Waals surface area contributed by atoms with E-state index >= 15 is 0 Å². The number of hydrogen-bond donors (Lipinski definition) is 4. The Balaban J connectivity index is 2.54. The SMILES string of the molecule is CNC(C)c1ccc(NC(=O)NCC(C)(C)C(N)=O)cc1. The first-order valence-corrected chi connectivity index (χ1v) is 6.88. The summed E-state index contributed by atoms with van der Waals surface area (Å²) in [6.45, 7) is 5.61. The van der Waals surface area contributed by atoms with E-state index in [9.17, 15) is 9.59 Å². The van der Waals surface area contributed by atoms with Gasteiger partial charge in [0.15, 0.2) is 0 Å². The second kappa shape index (κ2) is 7.08. The third-order valence-corrected chi connectivity index (χ3v) is 3.46. The topological polar surface area (TPSA) is 96.2 Å². The monoisotopic (exact) mass is 292 g/mol. The van der Waals surface area contributed by atoms with E-state index in [1.165, 1.54) is 0 Å². The van der Waals surface area contributed by atoms with Crippen LogP contribution in [0, 0.1) is 5.41 Å². The Bertz CT molecular complexity index is 497. The minimum absolute atomic E-state index is 0.184. The fourth-order valence-electron chi connectivity index (χ4n) is 1.59. The molecule has 21 heavy (non-hydrogen) atoms. The van der Waals surface area contributed by atoms with Gasteiger partial charge in [0.25, 0.3) is 0 Å². The van der Waals surface area contributed by atoms with Crippen LogP contribution in [-0.2, 0) is 4.79 Å². The highest BCUT2D eigenvalue weighted by atomic mass is 16.2. The predicted molar refractivity (Wildman–Crippen MR) is 83.9 cm³/mol. The molecule has 0 saturated heterocycles. The summed E-state index contributed by atoms with van der Waals surface area (Å²) >= 11 is 0. The average molecular weight is 292 g/mol. The molecule has 0 bridgehead atoms. The van der Waals surface area contributed by atoms with Gasteiger partial charge in [-0.15, -0.1) is 0 Å². The van der Waals surface area contributed by atoms with Gasteiger partial charge in [-0.3, -0.25) is 4.79 Å². The van der Waals surface area contributed by atoms with Crippen molar-refractivity contribution in [3.63, 3.8) is 0 Å². The molecule has 0 radical (unpaired) electrons. The number of benzene rings is 1. The molecule has 0 aliphatic rings. The molecule has 1 aromatic carbocycles. The molecule has 1 unspecified atom stereocenters. The fraction of sp³-hybridized carbons (Fsp3) is 0.467. The molecule has 5 N–H and O–H groups in total. The van der Waals surface area contributed by atoms with Crippen molar-refractivity contribution < 1.29 is 9.59 Å². The summed E-state index contributed by atoms with van der Waals surface area (Å²) in [6.07, 6.45) is 0. The van der Waals surface area contributed by atoms with Gasteiger partial charge < -0.3 is 21.7 Å². The maximum Gasteiger partial charge on any atom is 0.319 e. The van der Waals surface area contributed by atoms with Crippen LogP contribution in [0.3, 0.4) is 0 Å². The van der Waals surface area contributed by atoms with Crippen molar-refractivity contribution in [1.82, 2.24) is 10.6 Å². The minimum Gasteiger partial charge on any atom is -0.369 e. The van der Waals surface area contributed by atoms with Crippen LogP contribution in [0.25, 0.3) is 0 Å². The maximum atomic E-state index is 11.8. The van der Waals surface area contributed by atoms with Gasteiger partial charge in [0.05, 0.1) is 5.41 Å². The zero-order valence-corrected chi connectivity index (χ0v) is 13.0. The summed E-state index contributed by atoms with van der Waals surface area (Å²) in [5.74, 6) is -0.451. The second-order valence-electron chi connectivity index (χ2n) is 5.69. The minimum atomic E-state index is -0.774. The number of carbonyl (C=O) groups excluding carboxylic acids is 2. The Morgan fingerprint density at radius 3 is 2.29 bits per heavy atom. The molecule has 1 aromatic rings.